The largest absolute Gasteiger partial charge is 0.349 e. The zero-order chi connectivity index (χ0) is 16.4. The van der Waals surface area contributed by atoms with Crippen LogP contribution in [-0.2, 0) is 11.2 Å². The number of aromatic nitrogens is 1. The van der Waals surface area contributed by atoms with E-state index in [9.17, 15) is 4.79 Å². The molecule has 0 bridgehead atoms. The minimum Gasteiger partial charge on any atom is -0.349 e. The van der Waals surface area contributed by atoms with Crippen LogP contribution >= 0.6 is 23.2 Å². The summed E-state index contributed by atoms with van der Waals surface area (Å²) in [6, 6.07) is 5.67. The minimum absolute atomic E-state index is 0.0430. The van der Waals surface area contributed by atoms with Crippen LogP contribution in [0.5, 0.6) is 0 Å². The van der Waals surface area contributed by atoms with Gasteiger partial charge in [0.1, 0.15) is 0 Å². The summed E-state index contributed by atoms with van der Waals surface area (Å²) in [5.41, 5.74) is 4.43. The van der Waals surface area contributed by atoms with Gasteiger partial charge in [-0.2, -0.15) is 0 Å². The third kappa shape index (κ3) is 3.36. The lowest BCUT2D eigenvalue weighted by molar-refractivity contribution is -0.121. The number of fused-ring (bicyclic) bond motifs is 1. The molecule has 1 aliphatic carbocycles. The van der Waals surface area contributed by atoms with Crippen LogP contribution in [0, 0.1) is 0 Å². The molecule has 1 N–H and O–H groups in total. The SMILES string of the molecule is CCC(=O)NC1CCCc2c(-c3ccc(Cl)c(Cl)c3)cncc21. The summed E-state index contributed by atoms with van der Waals surface area (Å²) >= 11 is 12.2. The van der Waals surface area contributed by atoms with Gasteiger partial charge in [0.05, 0.1) is 16.1 Å². The van der Waals surface area contributed by atoms with Crippen molar-refractivity contribution < 1.29 is 4.79 Å². The first kappa shape index (κ1) is 16.3. The van der Waals surface area contributed by atoms with Crippen molar-refractivity contribution in [2.45, 2.75) is 38.6 Å². The number of hydrogen-bond donors (Lipinski definition) is 1. The highest BCUT2D eigenvalue weighted by molar-refractivity contribution is 6.42. The Kier molecular flexibility index (Phi) is 4.88. The standard InChI is InChI=1S/C18H18Cl2N2O/c1-2-18(23)22-17-5-3-4-12-13(9-21-10-14(12)17)11-6-7-15(19)16(20)8-11/h6-10,17H,2-5H2,1H3,(H,22,23). The third-order valence-electron chi connectivity index (χ3n) is 4.27. The molecule has 0 fully saturated rings. The fourth-order valence-corrected chi connectivity index (χ4v) is 3.38. The summed E-state index contributed by atoms with van der Waals surface area (Å²) in [4.78, 5) is 16.1. The number of pyridine rings is 1. The maximum absolute atomic E-state index is 11.8. The van der Waals surface area contributed by atoms with E-state index in [4.69, 9.17) is 23.2 Å². The lowest BCUT2D eigenvalue weighted by Crippen LogP contribution is -2.30. The van der Waals surface area contributed by atoms with Gasteiger partial charge >= 0.3 is 0 Å². The number of carbonyl (C=O) groups excluding carboxylic acids is 1. The number of nitrogens with zero attached hydrogens (tertiary/aromatic N) is 1. The quantitative estimate of drug-likeness (QED) is 0.851. The van der Waals surface area contributed by atoms with Crippen LogP contribution in [0.1, 0.15) is 43.4 Å². The van der Waals surface area contributed by atoms with E-state index in [0.29, 0.717) is 16.5 Å². The molecule has 0 saturated carbocycles. The monoisotopic (exact) mass is 348 g/mol. The first-order chi connectivity index (χ1) is 11.1. The van der Waals surface area contributed by atoms with Crippen LogP contribution in [0.25, 0.3) is 11.1 Å². The Bertz CT molecular complexity index is 746. The molecule has 3 rings (SSSR count). The van der Waals surface area contributed by atoms with Crippen molar-refractivity contribution in [2.75, 3.05) is 0 Å². The van der Waals surface area contributed by atoms with E-state index in [0.717, 1.165) is 36.0 Å². The van der Waals surface area contributed by atoms with Crippen molar-refractivity contribution in [1.82, 2.24) is 10.3 Å². The lowest BCUT2D eigenvalue weighted by atomic mass is 9.84. The van der Waals surface area contributed by atoms with Gasteiger partial charge in [-0.15, -0.1) is 0 Å². The van der Waals surface area contributed by atoms with E-state index in [-0.39, 0.29) is 11.9 Å². The van der Waals surface area contributed by atoms with Crippen molar-refractivity contribution in [3.8, 4) is 11.1 Å². The molecule has 0 aliphatic heterocycles. The Morgan fingerprint density at radius 3 is 2.87 bits per heavy atom. The summed E-state index contributed by atoms with van der Waals surface area (Å²) in [7, 11) is 0. The van der Waals surface area contributed by atoms with Gasteiger partial charge in [0.2, 0.25) is 5.91 Å². The Balaban J connectivity index is 2.02. The van der Waals surface area contributed by atoms with Crippen molar-refractivity contribution in [3.63, 3.8) is 0 Å². The van der Waals surface area contributed by atoms with E-state index in [1.165, 1.54) is 5.56 Å². The summed E-state index contributed by atoms with van der Waals surface area (Å²) < 4.78 is 0. The van der Waals surface area contributed by atoms with Gasteiger partial charge in [-0.3, -0.25) is 9.78 Å². The molecule has 1 amide bonds. The normalized spacial score (nSPS) is 16.7. The van der Waals surface area contributed by atoms with Crippen LogP contribution in [0.15, 0.2) is 30.6 Å². The predicted octanol–water partition coefficient (Wildman–Crippen LogP) is 4.96. The van der Waals surface area contributed by atoms with E-state index in [2.05, 4.69) is 10.3 Å². The number of carbonyl (C=O) groups is 1. The zero-order valence-corrected chi connectivity index (χ0v) is 14.4. The van der Waals surface area contributed by atoms with Crippen molar-refractivity contribution in [3.05, 3.63) is 51.8 Å². The van der Waals surface area contributed by atoms with Gasteiger partial charge in [0.25, 0.3) is 0 Å². The Morgan fingerprint density at radius 1 is 1.30 bits per heavy atom. The summed E-state index contributed by atoms with van der Waals surface area (Å²) in [5, 5.41) is 4.18. The second-order valence-electron chi connectivity index (χ2n) is 5.75. The van der Waals surface area contributed by atoms with E-state index < -0.39 is 0 Å². The second-order valence-corrected chi connectivity index (χ2v) is 6.56. The highest BCUT2D eigenvalue weighted by Crippen LogP contribution is 2.37. The van der Waals surface area contributed by atoms with E-state index in [1.807, 2.05) is 31.5 Å². The Morgan fingerprint density at radius 2 is 2.13 bits per heavy atom. The molecule has 3 nitrogen and oxygen atoms in total. The molecular weight excluding hydrogens is 331 g/mol. The van der Waals surface area contributed by atoms with Gasteiger partial charge in [-0.05, 0) is 48.1 Å². The Hall–Kier alpha value is -1.58. The molecule has 1 aliphatic rings. The number of halogens is 2. The number of hydrogen-bond acceptors (Lipinski definition) is 2. The number of benzene rings is 1. The maximum atomic E-state index is 11.8. The molecule has 1 atom stereocenters. The van der Waals surface area contributed by atoms with Gasteiger partial charge in [-0.1, -0.05) is 36.2 Å². The Labute approximate surface area is 146 Å². The van der Waals surface area contributed by atoms with Crippen molar-refractivity contribution in [1.29, 1.82) is 0 Å². The maximum Gasteiger partial charge on any atom is 0.220 e. The first-order valence-electron chi connectivity index (χ1n) is 7.81. The van der Waals surface area contributed by atoms with Crippen LogP contribution in [0.2, 0.25) is 10.0 Å². The zero-order valence-electron chi connectivity index (χ0n) is 12.9. The average Bonchev–Trinajstić information content (AvgIpc) is 2.57. The second kappa shape index (κ2) is 6.90. The third-order valence-corrected chi connectivity index (χ3v) is 5.01. The van der Waals surface area contributed by atoms with Crippen molar-refractivity contribution in [2.24, 2.45) is 0 Å². The smallest absolute Gasteiger partial charge is 0.220 e. The van der Waals surface area contributed by atoms with Crippen LogP contribution in [0.3, 0.4) is 0 Å². The number of rotatable bonds is 3. The van der Waals surface area contributed by atoms with Crippen LogP contribution < -0.4 is 5.32 Å². The molecule has 0 radical (unpaired) electrons. The van der Waals surface area contributed by atoms with Crippen LogP contribution in [0.4, 0.5) is 0 Å². The highest BCUT2D eigenvalue weighted by atomic mass is 35.5. The number of nitrogens with one attached hydrogen (secondary N) is 1. The molecule has 23 heavy (non-hydrogen) atoms. The lowest BCUT2D eigenvalue weighted by Gasteiger charge is -2.27. The van der Waals surface area contributed by atoms with Gasteiger partial charge in [0, 0.05) is 24.4 Å². The molecule has 0 spiro atoms. The molecule has 1 aromatic heterocycles. The van der Waals surface area contributed by atoms with E-state index >= 15 is 0 Å². The fourth-order valence-electron chi connectivity index (χ4n) is 3.08. The topological polar surface area (TPSA) is 42.0 Å². The van der Waals surface area contributed by atoms with Crippen LogP contribution in [-0.4, -0.2) is 10.9 Å². The summed E-state index contributed by atoms with van der Waals surface area (Å²) in [6.45, 7) is 1.86. The number of amides is 1. The summed E-state index contributed by atoms with van der Waals surface area (Å²) in [5.74, 6) is 0.0720. The highest BCUT2D eigenvalue weighted by Gasteiger charge is 2.24. The molecular formula is C18H18Cl2N2O. The van der Waals surface area contributed by atoms with Gasteiger partial charge in [-0.25, -0.2) is 0 Å². The molecule has 2 aromatic rings. The first-order valence-corrected chi connectivity index (χ1v) is 8.57. The molecule has 120 valence electrons. The molecule has 1 unspecified atom stereocenters. The van der Waals surface area contributed by atoms with Gasteiger partial charge < -0.3 is 5.32 Å². The van der Waals surface area contributed by atoms with Gasteiger partial charge in [0.15, 0.2) is 0 Å². The average molecular weight is 349 g/mol. The predicted molar refractivity (Wildman–Crippen MR) is 93.8 cm³/mol. The minimum atomic E-state index is 0.0430. The molecule has 5 heteroatoms. The summed E-state index contributed by atoms with van der Waals surface area (Å²) in [6.07, 6.45) is 7.20. The molecule has 1 heterocycles. The molecule has 1 aromatic carbocycles. The van der Waals surface area contributed by atoms with Crippen molar-refractivity contribution >= 4 is 29.1 Å². The molecule has 0 saturated heterocycles. The fraction of sp³-hybridized carbons (Fsp3) is 0.333. The van der Waals surface area contributed by atoms with E-state index in [1.54, 1.807) is 6.07 Å².